The number of benzene rings is 1. The van der Waals surface area contributed by atoms with Crippen LogP contribution in [0.25, 0.3) is 0 Å². The van der Waals surface area contributed by atoms with Gasteiger partial charge in [0, 0.05) is 7.11 Å². The summed E-state index contributed by atoms with van der Waals surface area (Å²) in [6.07, 6.45) is 0. The summed E-state index contributed by atoms with van der Waals surface area (Å²) in [4.78, 5) is 12.1. The van der Waals surface area contributed by atoms with Crippen molar-refractivity contribution in [3.8, 4) is 11.5 Å². The zero-order valence-electron chi connectivity index (χ0n) is 13.8. The van der Waals surface area contributed by atoms with E-state index in [9.17, 15) is 4.79 Å². The van der Waals surface area contributed by atoms with Crippen molar-refractivity contribution in [2.24, 2.45) is 0 Å². The molecule has 2 rings (SSSR count). The third kappa shape index (κ3) is 4.75. The van der Waals surface area contributed by atoms with Crippen LogP contribution in [0.3, 0.4) is 0 Å². The van der Waals surface area contributed by atoms with E-state index in [1.54, 1.807) is 26.4 Å². The van der Waals surface area contributed by atoms with Crippen molar-refractivity contribution < 1.29 is 23.4 Å². The van der Waals surface area contributed by atoms with E-state index in [1.807, 2.05) is 25.1 Å². The number of rotatable bonds is 8. The molecule has 0 aliphatic rings. The molecule has 6 nitrogen and oxygen atoms in total. The molecular formula is C17H20BrNO5. The number of amides is 1. The fraction of sp³-hybridized carbons (Fsp3) is 0.353. The maximum atomic E-state index is 12.1. The molecule has 0 unspecified atom stereocenters. The molecule has 2 aromatic rings. The average Bonchev–Trinajstić information content (AvgIpc) is 3.01. The van der Waals surface area contributed by atoms with E-state index >= 15 is 0 Å². The number of methoxy groups -OCH3 is 2. The summed E-state index contributed by atoms with van der Waals surface area (Å²) in [5, 5.41) is 2.88. The summed E-state index contributed by atoms with van der Waals surface area (Å²) in [5.74, 6) is 1.20. The summed E-state index contributed by atoms with van der Waals surface area (Å²) in [6, 6.07) is 8.60. The molecule has 1 heterocycles. The zero-order chi connectivity index (χ0) is 17.5. The summed E-state index contributed by atoms with van der Waals surface area (Å²) < 4.78 is 21.7. The summed E-state index contributed by atoms with van der Waals surface area (Å²) >= 11 is 3.18. The second-order valence-electron chi connectivity index (χ2n) is 5.05. The molecule has 0 fully saturated rings. The second-order valence-corrected chi connectivity index (χ2v) is 5.83. The molecule has 1 atom stereocenters. The number of halogens is 1. The van der Waals surface area contributed by atoms with Gasteiger partial charge in [0.1, 0.15) is 6.61 Å². The molecule has 0 saturated carbocycles. The molecule has 0 aliphatic heterocycles. The highest BCUT2D eigenvalue weighted by Gasteiger charge is 2.16. The lowest BCUT2D eigenvalue weighted by molar-refractivity contribution is 0.0910. The number of furan rings is 1. The molecule has 7 heteroatoms. The Morgan fingerprint density at radius 1 is 1.21 bits per heavy atom. The molecule has 1 aromatic carbocycles. The number of carbonyl (C=O) groups excluding carboxylic acids is 1. The van der Waals surface area contributed by atoms with Crippen LogP contribution in [0.4, 0.5) is 0 Å². The maximum Gasteiger partial charge on any atom is 0.287 e. The second kappa shape index (κ2) is 8.75. The van der Waals surface area contributed by atoms with Gasteiger partial charge in [0.05, 0.1) is 19.8 Å². The minimum Gasteiger partial charge on any atom is -0.493 e. The van der Waals surface area contributed by atoms with Crippen LogP contribution >= 0.6 is 15.9 Å². The first-order valence-corrected chi connectivity index (χ1v) is 8.20. The minimum atomic E-state index is -0.285. The number of hydrogen-bond donors (Lipinski definition) is 1. The third-order valence-corrected chi connectivity index (χ3v) is 3.80. The van der Waals surface area contributed by atoms with E-state index in [1.165, 1.54) is 0 Å². The van der Waals surface area contributed by atoms with Crippen LogP contribution in [-0.2, 0) is 4.74 Å². The minimum absolute atomic E-state index is 0.219. The van der Waals surface area contributed by atoms with Gasteiger partial charge in [-0.05, 0) is 52.7 Å². The Kier molecular flexibility index (Phi) is 6.69. The van der Waals surface area contributed by atoms with Gasteiger partial charge in [-0.25, -0.2) is 0 Å². The van der Waals surface area contributed by atoms with Gasteiger partial charge in [-0.3, -0.25) is 4.79 Å². The van der Waals surface area contributed by atoms with Crippen LogP contribution in [-0.4, -0.2) is 33.3 Å². The summed E-state index contributed by atoms with van der Waals surface area (Å²) in [7, 11) is 3.19. The smallest absolute Gasteiger partial charge is 0.287 e. The lowest BCUT2D eigenvalue weighted by atomic mass is 10.1. The highest BCUT2D eigenvalue weighted by Crippen LogP contribution is 2.30. The van der Waals surface area contributed by atoms with Gasteiger partial charge in [0.25, 0.3) is 5.91 Å². The molecule has 24 heavy (non-hydrogen) atoms. The molecule has 1 aromatic heterocycles. The van der Waals surface area contributed by atoms with Crippen LogP contribution in [0.2, 0.25) is 0 Å². The van der Waals surface area contributed by atoms with Gasteiger partial charge in [0.15, 0.2) is 21.9 Å². The van der Waals surface area contributed by atoms with Gasteiger partial charge in [-0.15, -0.1) is 0 Å². The Balaban J connectivity index is 2.06. The van der Waals surface area contributed by atoms with Crippen LogP contribution in [0.15, 0.2) is 39.4 Å². The largest absolute Gasteiger partial charge is 0.493 e. The van der Waals surface area contributed by atoms with Crippen molar-refractivity contribution >= 4 is 21.8 Å². The predicted octanol–water partition coefficient (Wildman–Crippen LogP) is 3.57. The van der Waals surface area contributed by atoms with Crippen molar-refractivity contribution in [3.05, 3.63) is 46.3 Å². The van der Waals surface area contributed by atoms with Crippen molar-refractivity contribution in [1.82, 2.24) is 5.32 Å². The Morgan fingerprint density at radius 2 is 2.00 bits per heavy atom. The molecule has 0 aliphatic carbocycles. The van der Waals surface area contributed by atoms with Gasteiger partial charge in [0.2, 0.25) is 0 Å². The monoisotopic (exact) mass is 397 g/mol. The quantitative estimate of drug-likeness (QED) is 0.689. The third-order valence-electron chi connectivity index (χ3n) is 3.38. The van der Waals surface area contributed by atoms with Crippen molar-refractivity contribution in [2.45, 2.75) is 13.0 Å². The maximum absolute atomic E-state index is 12.1. The van der Waals surface area contributed by atoms with E-state index in [4.69, 9.17) is 18.6 Å². The Labute approximate surface area is 149 Å². The van der Waals surface area contributed by atoms with Gasteiger partial charge in [-0.2, -0.15) is 0 Å². The average molecular weight is 398 g/mol. The highest BCUT2D eigenvalue weighted by molar-refractivity contribution is 9.10. The molecule has 1 amide bonds. The van der Waals surface area contributed by atoms with Crippen molar-refractivity contribution in [1.29, 1.82) is 0 Å². The number of hydrogen-bond acceptors (Lipinski definition) is 5. The molecule has 0 bridgehead atoms. The van der Waals surface area contributed by atoms with Gasteiger partial charge >= 0.3 is 0 Å². The number of ether oxygens (including phenoxy) is 3. The molecule has 0 spiro atoms. The first-order valence-electron chi connectivity index (χ1n) is 7.41. The Bertz CT molecular complexity index is 685. The van der Waals surface area contributed by atoms with E-state index in [0.29, 0.717) is 29.4 Å². The fourth-order valence-electron chi connectivity index (χ4n) is 2.10. The first-order chi connectivity index (χ1) is 11.5. The van der Waals surface area contributed by atoms with Gasteiger partial charge in [-0.1, -0.05) is 6.07 Å². The predicted molar refractivity (Wildman–Crippen MR) is 92.7 cm³/mol. The molecule has 130 valence electrons. The van der Waals surface area contributed by atoms with E-state index in [2.05, 4.69) is 21.2 Å². The molecule has 0 radical (unpaired) electrons. The van der Waals surface area contributed by atoms with Crippen LogP contribution in [0, 0.1) is 0 Å². The van der Waals surface area contributed by atoms with E-state index < -0.39 is 0 Å². The number of carbonyl (C=O) groups is 1. The summed E-state index contributed by atoms with van der Waals surface area (Å²) in [6.45, 7) is 2.82. The first kappa shape index (κ1) is 18.4. The Hall–Kier alpha value is -1.99. The van der Waals surface area contributed by atoms with Crippen LogP contribution < -0.4 is 14.8 Å². The van der Waals surface area contributed by atoms with Crippen LogP contribution in [0.1, 0.15) is 29.1 Å². The normalized spacial score (nSPS) is 11.8. The topological polar surface area (TPSA) is 69.9 Å². The molecular weight excluding hydrogens is 378 g/mol. The number of nitrogens with one attached hydrogen (secondary N) is 1. The SMILES string of the molecule is COCCOc1ccc([C@@H](C)NC(=O)c2ccc(Br)o2)cc1OC. The van der Waals surface area contributed by atoms with E-state index in [0.717, 1.165) is 5.56 Å². The lowest BCUT2D eigenvalue weighted by Crippen LogP contribution is -2.26. The van der Waals surface area contributed by atoms with Crippen molar-refractivity contribution in [2.75, 3.05) is 27.4 Å². The van der Waals surface area contributed by atoms with Crippen molar-refractivity contribution in [3.63, 3.8) is 0 Å². The van der Waals surface area contributed by atoms with Gasteiger partial charge < -0.3 is 23.9 Å². The molecule has 1 N–H and O–H groups in total. The summed E-state index contributed by atoms with van der Waals surface area (Å²) in [5.41, 5.74) is 0.893. The Morgan fingerprint density at radius 3 is 2.62 bits per heavy atom. The van der Waals surface area contributed by atoms with Crippen LogP contribution in [0.5, 0.6) is 11.5 Å². The standard InChI is InChI=1S/C17H20BrNO5/c1-11(19-17(20)14-6-7-16(18)24-14)12-4-5-13(15(10-12)22-3)23-9-8-21-2/h4-7,10-11H,8-9H2,1-3H3,(H,19,20)/t11-/m1/s1. The highest BCUT2D eigenvalue weighted by atomic mass is 79.9. The zero-order valence-corrected chi connectivity index (χ0v) is 15.4. The lowest BCUT2D eigenvalue weighted by Gasteiger charge is -2.16. The van der Waals surface area contributed by atoms with E-state index in [-0.39, 0.29) is 17.7 Å². The molecule has 0 saturated heterocycles. The fourth-order valence-corrected chi connectivity index (χ4v) is 2.40.